The van der Waals surface area contributed by atoms with Crippen LogP contribution in [0.15, 0.2) is 11.6 Å². The van der Waals surface area contributed by atoms with Gasteiger partial charge in [0.2, 0.25) is 0 Å². The minimum absolute atomic E-state index is 0.310. The molecule has 0 aliphatic heterocycles. The van der Waals surface area contributed by atoms with Crippen molar-refractivity contribution < 1.29 is 0 Å². The summed E-state index contributed by atoms with van der Waals surface area (Å²) < 4.78 is 0. The number of hydrazine groups is 1. The van der Waals surface area contributed by atoms with E-state index >= 15 is 0 Å². The fourth-order valence-corrected chi connectivity index (χ4v) is 0.792. The largest absolute Gasteiger partial charge is 0.271 e. The Kier molecular flexibility index (Phi) is 4.32. The van der Waals surface area contributed by atoms with Crippen LogP contribution < -0.4 is 11.3 Å². The van der Waals surface area contributed by atoms with Crippen molar-refractivity contribution in [2.45, 2.75) is 33.7 Å². The van der Waals surface area contributed by atoms with E-state index in [1.165, 1.54) is 5.57 Å². The van der Waals surface area contributed by atoms with Crippen molar-refractivity contribution in [3.63, 3.8) is 0 Å². The third-order valence-electron chi connectivity index (χ3n) is 1.42. The monoisotopic (exact) mass is 142 g/mol. The zero-order valence-corrected chi connectivity index (χ0v) is 7.31. The third kappa shape index (κ3) is 3.64. The maximum absolute atomic E-state index is 5.33. The second-order valence-electron chi connectivity index (χ2n) is 3.18. The smallest absolute Gasteiger partial charge is 0.0415 e. The first-order valence-electron chi connectivity index (χ1n) is 3.69. The molecule has 0 aliphatic carbocycles. The van der Waals surface area contributed by atoms with E-state index < -0.39 is 0 Å². The van der Waals surface area contributed by atoms with Crippen LogP contribution in [-0.2, 0) is 0 Å². The minimum Gasteiger partial charge on any atom is -0.271 e. The molecule has 0 bridgehead atoms. The van der Waals surface area contributed by atoms with E-state index in [2.05, 4.69) is 39.2 Å². The average molecular weight is 142 g/mol. The summed E-state index contributed by atoms with van der Waals surface area (Å²) in [5.41, 5.74) is 4.06. The van der Waals surface area contributed by atoms with Crippen molar-refractivity contribution >= 4 is 0 Å². The second-order valence-corrected chi connectivity index (χ2v) is 3.18. The Morgan fingerprint density at radius 1 is 1.40 bits per heavy atom. The molecule has 60 valence electrons. The molecule has 0 aromatic heterocycles. The van der Waals surface area contributed by atoms with Crippen LogP contribution >= 0.6 is 0 Å². The fourth-order valence-electron chi connectivity index (χ4n) is 0.792. The molecule has 0 fully saturated rings. The average Bonchev–Trinajstić information content (AvgIpc) is 1.81. The highest BCUT2D eigenvalue weighted by atomic mass is 15.2. The summed E-state index contributed by atoms with van der Waals surface area (Å²) in [6.07, 6.45) is 2.14. The van der Waals surface area contributed by atoms with E-state index in [-0.39, 0.29) is 0 Å². The first kappa shape index (κ1) is 9.66. The van der Waals surface area contributed by atoms with Crippen molar-refractivity contribution in [3.05, 3.63) is 11.6 Å². The SMILES string of the molecule is CC(C)=CC(NN)C(C)C. The van der Waals surface area contributed by atoms with Gasteiger partial charge in [0, 0.05) is 6.04 Å². The molecule has 0 spiro atoms. The van der Waals surface area contributed by atoms with Crippen molar-refractivity contribution in [2.75, 3.05) is 0 Å². The van der Waals surface area contributed by atoms with Gasteiger partial charge in [0.25, 0.3) is 0 Å². The number of hydrogen-bond acceptors (Lipinski definition) is 2. The molecule has 1 atom stereocenters. The Morgan fingerprint density at radius 2 is 1.90 bits per heavy atom. The van der Waals surface area contributed by atoms with Crippen LogP contribution in [0.5, 0.6) is 0 Å². The topological polar surface area (TPSA) is 38.0 Å². The van der Waals surface area contributed by atoms with Crippen molar-refractivity contribution in [2.24, 2.45) is 11.8 Å². The highest BCUT2D eigenvalue weighted by Crippen LogP contribution is 2.04. The zero-order valence-electron chi connectivity index (χ0n) is 7.31. The van der Waals surface area contributed by atoms with Gasteiger partial charge in [0.1, 0.15) is 0 Å². The van der Waals surface area contributed by atoms with Gasteiger partial charge in [-0.2, -0.15) is 0 Å². The lowest BCUT2D eigenvalue weighted by atomic mass is 10.0. The number of hydrogen-bond donors (Lipinski definition) is 2. The van der Waals surface area contributed by atoms with E-state index in [9.17, 15) is 0 Å². The van der Waals surface area contributed by atoms with E-state index in [0.29, 0.717) is 12.0 Å². The standard InChI is InChI=1S/C8H18N2/c1-6(2)5-8(10-9)7(3)4/h5,7-8,10H,9H2,1-4H3. The zero-order chi connectivity index (χ0) is 8.15. The summed E-state index contributed by atoms with van der Waals surface area (Å²) in [7, 11) is 0. The molecule has 0 rings (SSSR count). The van der Waals surface area contributed by atoms with Gasteiger partial charge >= 0.3 is 0 Å². The first-order chi connectivity index (χ1) is 4.57. The van der Waals surface area contributed by atoms with Crippen LogP contribution in [0.25, 0.3) is 0 Å². The molecular formula is C8H18N2. The molecular weight excluding hydrogens is 124 g/mol. The van der Waals surface area contributed by atoms with Gasteiger partial charge in [-0.1, -0.05) is 25.5 Å². The lowest BCUT2D eigenvalue weighted by molar-refractivity contribution is 0.474. The Labute approximate surface area is 63.5 Å². The molecule has 0 saturated carbocycles. The van der Waals surface area contributed by atoms with Gasteiger partial charge in [-0.05, 0) is 19.8 Å². The summed E-state index contributed by atoms with van der Waals surface area (Å²) in [6.45, 7) is 8.44. The Balaban J connectivity index is 3.96. The van der Waals surface area contributed by atoms with Crippen LogP contribution in [0.4, 0.5) is 0 Å². The van der Waals surface area contributed by atoms with Crippen LogP contribution in [0.1, 0.15) is 27.7 Å². The number of rotatable bonds is 3. The Hall–Kier alpha value is -0.340. The summed E-state index contributed by atoms with van der Waals surface area (Å²) in [5.74, 6) is 5.88. The molecule has 2 nitrogen and oxygen atoms in total. The number of nitrogens with two attached hydrogens (primary N) is 1. The molecule has 10 heavy (non-hydrogen) atoms. The van der Waals surface area contributed by atoms with Gasteiger partial charge in [0.05, 0.1) is 0 Å². The van der Waals surface area contributed by atoms with E-state index in [4.69, 9.17) is 5.84 Å². The molecule has 2 heteroatoms. The Morgan fingerprint density at radius 3 is 2.00 bits per heavy atom. The molecule has 0 amide bonds. The molecule has 0 radical (unpaired) electrons. The van der Waals surface area contributed by atoms with E-state index in [1.54, 1.807) is 0 Å². The normalized spacial score (nSPS) is 13.4. The number of nitrogens with one attached hydrogen (secondary N) is 1. The van der Waals surface area contributed by atoms with Crippen molar-refractivity contribution in [3.8, 4) is 0 Å². The predicted octanol–water partition coefficient (Wildman–Crippen LogP) is 1.44. The second kappa shape index (κ2) is 4.47. The molecule has 3 N–H and O–H groups in total. The van der Waals surface area contributed by atoms with E-state index in [0.717, 1.165) is 0 Å². The maximum Gasteiger partial charge on any atom is 0.0415 e. The summed E-state index contributed by atoms with van der Waals surface area (Å²) in [5, 5.41) is 0. The van der Waals surface area contributed by atoms with Crippen molar-refractivity contribution in [1.29, 1.82) is 0 Å². The lowest BCUT2D eigenvalue weighted by Gasteiger charge is -2.15. The van der Waals surface area contributed by atoms with Crippen LogP contribution in [0, 0.1) is 5.92 Å². The molecule has 0 saturated heterocycles. The first-order valence-corrected chi connectivity index (χ1v) is 3.69. The minimum atomic E-state index is 0.310. The van der Waals surface area contributed by atoms with Crippen LogP contribution in [-0.4, -0.2) is 6.04 Å². The van der Waals surface area contributed by atoms with Gasteiger partial charge < -0.3 is 0 Å². The van der Waals surface area contributed by atoms with Gasteiger partial charge in [0.15, 0.2) is 0 Å². The van der Waals surface area contributed by atoms with Gasteiger partial charge in [-0.3, -0.25) is 11.3 Å². The third-order valence-corrected chi connectivity index (χ3v) is 1.42. The lowest BCUT2D eigenvalue weighted by Crippen LogP contribution is -2.37. The van der Waals surface area contributed by atoms with Crippen LogP contribution in [0.3, 0.4) is 0 Å². The Bertz CT molecular complexity index is 112. The molecule has 1 unspecified atom stereocenters. The molecule has 0 aliphatic rings. The highest BCUT2D eigenvalue weighted by Gasteiger charge is 2.06. The molecule has 0 heterocycles. The molecule has 0 aromatic rings. The van der Waals surface area contributed by atoms with Crippen molar-refractivity contribution in [1.82, 2.24) is 5.43 Å². The van der Waals surface area contributed by atoms with Crippen LogP contribution in [0.2, 0.25) is 0 Å². The van der Waals surface area contributed by atoms with Gasteiger partial charge in [-0.25, -0.2) is 0 Å². The fraction of sp³-hybridized carbons (Fsp3) is 0.750. The maximum atomic E-state index is 5.33. The molecule has 0 aromatic carbocycles. The quantitative estimate of drug-likeness (QED) is 0.355. The van der Waals surface area contributed by atoms with Gasteiger partial charge in [-0.15, -0.1) is 0 Å². The summed E-state index contributed by atoms with van der Waals surface area (Å²) in [6, 6.07) is 0.310. The summed E-state index contributed by atoms with van der Waals surface area (Å²) >= 11 is 0. The predicted molar refractivity (Wildman–Crippen MR) is 45.4 cm³/mol. The van der Waals surface area contributed by atoms with E-state index in [1.807, 2.05) is 0 Å². The summed E-state index contributed by atoms with van der Waals surface area (Å²) in [4.78, 5) is 0. The number of allylic oxidation sites excluding steroid dienone is 1. The highest BCUT2D eigenvalue weighted by molar-refractivity contribution is 5.01.